The first-order valence-corrected chi connectivity index (χ1v) is 8.65. The first-order chi connectivity index (χ1) is 13.7. The fraction of sp³-hybridized carbons (Fsp3) is 0.263. The molecule has 0 spiro atoms. The molecule has 0 fully saturated rings. The van der Waals surface area contributed by atoms with E-state index in [-0.39, 0.29) is 31.2 Å². The van der Waals surface area contributed by atoms with Gasteiger partial charge in [-0.1, -0.05) is 6.07 Å². The molecule has 2 aromatic rings. The van der Waals surface area contributed by atoms with Gasteiger partial charge in [0, 0.05) is 18.0 Å². The van der Waals surface area contributed by atoms with Gasteiger partial charge in [-0.3, -0.25) is 19.3 Å². The molecule has 0 aliphatic rings. The Labute approximate surface area is 166 Å². The molecule has 0 bridgehead atoms. The maximum absolute atomic E-state index is 13.1. The van der Waals surface area contributed by atoms with Crippen LogP contribution in [0.25, 0.3) is 0 Å². The van der Waals surface area contributed by atoms with Gasteiger partial charge in [0.1, 0.15) is 5.82 Å². The summed E-state index contributed by atoms with van der Waals surface area (Å²) in [6.07, 6.45) is 1.62. The Morgan fingerprint density at radius 1 is 0.966 bits per heavy atom. The number of rotatable bonds is 8. The molecule has 0 saturated carbocycles. The molecule has 0 radical (unpaired) electrons. The van der Waals surface area contributed by atoms with Gasteiger partial charge in [0.25, 0.3) is 0 Å². The zero-order valence-electron chi connectivity index (χ0n) is 16.0. The molecule has 1 aromatic heterocycles. The minimum absolute atomic E-state index is 0.0516. The van der Waals surface area contributed by atoms with Crippen molar-refractivity contribution in [1.82, 2.24) is 15.2 Å². The molecule has 0 saturated heterocycles. The summed E-state index contributed by atoms with van der Waals surface area (Å²) in [5.74, 6) is -3.13. The van der Waals surface area contributed by atoms with Crippen LogP contribution in [-0.4, -0.2) is 54.3 Å². The fourth-order valence-electron chi connectivity index (χ4n) is 2.28. The maximum atomic E-state index is 13.1. The lowest BCUT2D eigenvalue weighted by atomic mass is 10.3. The van der Waals surface area contributed by atoms with Crippen molar-refractivity contribution < 1.29 is 23.2 Å². The number of nitrogens with one attached hydrogen (secondary N) is 3. The van der Waals surface area contributed by atoms with Crippen molar-refractivity contribution in [3.8, 4) is 0 Å². The third-order valence-corrected chi connectivity index (χ3v) is 3.66. The lowest BCUT2D eigenvalue weighted by Gasteiger charge is -2.15. The minimum Gasteiger partial charge on any atom is -0.346 e. The summed E-state index contributed by atoms with van der Waals surface area (Å²) in [6.45, 7) is 1.35. The van der Waals surface area contributed by atoms with Crippen LogP contribution in [-0.2, 0) is 14.4 Å². The van der Waals surface area contributed by atoms with E-state index in [4.69, 9.17) is 0 Å². The standard InChI is InChI=1S/C19H21F2N5O3/c1-12-3-6-16(22-8-12)25-19(29)11-26(2)10-18(28)23-9-17(27)24-13-4-5-14(20)15(21)7-13/h3-8H,9-11H2,1-2H3,(H,23,28)(H,24,27)(H,22,25,29). The SMILES string of the molecule is Cc1ccc(NC(=O)CN(C)CC(=O)NCC(=O)Nc2ccc(F)c(F)c2)nc1. The van der Waals surface area contributed by atoms with Gasteiger partial charge in [-0.25, -0.2) is 13.8 Å². The summed E-state index contributed by atoms with van der Waals surface area (Å²) >= 11 is 0. The van der Waals surface area contributed by atoms with E-state index in [0.29, 0.717) is 5.82 Å². The molecule has 154 valence electrons. The van der Waals surface area contributed by atoms with Gasteiger partial charge in [0.15, 0.2) is 11.6 Å². The Kier molecular flexibility index (Phi) is 7.72. The molecule has 0 unspecified atom stereocenters. The Hall–Kier alpha value is -3.40. The van der Waals surface area contributed by atoms with Gasteiger partial charge >= 0.3 is 0 Å². The smallest absolute Gasteiger partial charge is 0.243 e. The van der Waals surface area contributed by atoms with Crippen LogP contribution in [0.2, 0.25) is 0 Å². The van der Waals surface area contributed by atoms with Crippen molar-refractivity contribution in [2.45, 2.75) is 6.92 Å². The third-order valence-electron chi connectivity index (χ3n) is 3.66. The lowest BCUT2D eigenvalue weighted by Crippen LogP contribution is -2.41. The van der Waals surface area contributed by atoms with Gasteiger partial charge < -0.3 is 16.0 Å². The van der Waals surface area contributed by atoms with Crippen LogP contribution in [0.3, 0.4) is 0 Å². The quantitative estimate of drug-likeness (QED) is 0.614. The van der Waals surface area contributed by atoms with E-state index in [9.17, 15) is 23.2 Å². The highest BCUT2D eigenvalue weighted by Gasteiger charge is 2.13. The molecule has 1 heterocycles. The number of likely N-dealkylation sites (N-methyl/N-ethyl adjacent to an activating group) is 1. The summed E-state index contributed by atoms with van der Waals surface area (Å²) in [7, 11) is 1.57. The second-order valence-corrected chi connectivity index (χ2v) is 6.40. The number of hydrogen-bond donors (Lipinski definition) is 3. The molecule has 3 amide bonds. The molecule has 1 aromatic carbocycles. The van der Waals surface area contributed by atoms with E-state index in [1.54, 1.807) is 19.3 Å². The topological polar surface area (TPSA) is 103 Å². The number of anilines is 2. The highest BCUT2D eigenvalue weighted by atomic mass is 19.2. The summed E-state index contributed by atoms with van der Waals surface area (Å²) < 4.78 is 26.0. The molecular weight excluding hydrogens is 384 g/mol. The summed E-state index contributed by atoms with van der Waals surface area (Å²) in [6, 6.07) is 6.41. The van der Waals surface area contributed by atoms with Gasteiger partial charge in [-0.15, -0.1) is 0 Å². The number of amides is 3. The number of carbonyl (C=O) groups is 3. The van der Waals surface area contributed by atoms with Crippen LogP contribution >= 0.6 is 0 Å². The van der Waals surface area contributed by atoms with Crippen molar-refractivity contribution >= 4 is 29.2 Å². The predicted molar refractivity (Wildman–Crippen MR) is 103 cm³/mol. The van der Waals surface area contributed by atoms with Crippen molar-refractivity contribution in [3.63, 3.8) is 0 Å². The summed E-state index contributed by atoms with van der Waals surface area (Å²) in [5.41, 5.74) is 1.03. The molecular formula is C19H21F2N5O3. The van der Waals surface area contributed by atoms with E-state index in [1.165, 1.54) is 11.0 Å². The predicted octanol–water partition coefficient (Wildman–Crippen LogP) is 1.29. The molecule has 0 aliphatic heterocycles. The van der Waals surface area contributed by atoms with Crippen LogP contribution in [0.5, 0.6) is 0 Å². The first-order valence-electron chi connectivity index (χ1n) is 8.65. The van der Waals surface area contributed by atoms with Gasteiger partial charge in [0.05, 0.1) is 19.6 Å². The molecule has 10 heteroatoms. The van der Waals surface area contributed by atoms with Gasteiger partial charge in [-0.05, 0) is 37.7 Å². The van der Waals surface area contributed by atoms with Crippen LogP contribution in [0.4, 0.5) is 20.3 Å². The largest absolute Gasteiger partial charge is 0.346 e. The Morgan fingerprint density at radius 2 is 1.69 bits per heavy atom. The van der Waals surface area contributed by atoms with Crippen LogP contribution in [0, 0.1) is 18.6 Å². The highest BCUT2D eigenvalue weighted by molar-refractivity contribution is 5.95. The highest BCUT2D eigenvalue weighted by Crippen LogP contribution is 2.12. The first kappa shape index (κ1) is 21.9. The normalized spacial score (nSPS) is 10.5. The maximum Gasteiger partial charge on any atom is 0.243 e. The molecule has 29 heavy (non-hydrogen) atoms. The van der Waals surface area contributed by atoms with E-state index >= 15 is 0 Å². The zero-order chi connectivity index (χ0) is 21.4. The van der Waals surface area contributed by atoms with E-state index in [0.717, 1.165) is 17.7 Å². The molecule has 0 atom stereocenters. The number of pyridine rings is 1. The van der Waals surface area contributed by atoms with E-state index in [2.05, 4.69) is 20.9 Å². The van der Waals surface area contributed by atoms with E-state index < -0.39 is 23.4 Å². The number of aromatic nitrogens is 1. The van der Waals surface area contributed by atoms with E-state index in [1.807, 2.05) is 13.0 Å². The second kappa shape index (κ2) is 10.2. The summed E-state index contributed by atoms with van der Waals surface area (Å²) in [4.78, 5) is 41.2. The second-order valence-electron chi connectivity index (χ2n) is 6.40. The molecule has 2 rings (SSSR count). The van der Waals surface area contributed by atoms with Crippen molar-refractivity contribution in [1.29, 1.82) is 0 Å². The monoisotopic (exact) mass is 405 g/mol. The van der Waals surface area contributed by atoms with Crippen LogP contribution < -0.4 is 16.0 Å². The van der Waals surface area contributed by atoms with Crippen LogP contribution in [0.1, 0.15) is 5.56 Å². The number of aryl methyl sites for hydroxylation is 1. The van der Waals surface area contributed by atoms with Gasteiger partial charge in [-0.2, -0.15) is 0 Å². The minimum atomic E-state index is -1.09. The third kappa shape index (κ3) is 7.62. The number of hydrogen-bond acceptors (Lipinski definition) is 5. The fourth-order valence-corrected chi connectivity index (χ4v) is 2.28. The average Bonchev–Trinajstić information content (AvgIpc) is 2.65. The summed E-state index contributed by atoms with van der Waals surface area (Å²) in [5, 5.41) is 7.34. The number of benzene rings is 1. The zero-order valence-corrected chi connectivity index (χ0v) is 16.0. The Bertz CT molecular complexity index is 890. The van der Waals surface area contributed by atoms with Gasteiger partial charge in [0.2, 0.25) is 17.7 Å². The molecule has 8 nitrogen and oxygen atoms in total. The van der Waals surface area contributed by atoms with Crippen molar-refractivity contribution in [2.24, 2.45) is 0 Å². The Morgan fingerprint density at radius 3 is 2.34 bits per heavy atom. The van der Waals surface area contributed by atoms with Crippen molar-refractivity contribution in [3.05, 3.63) is 53.7 Å². The average molecular weight is 405 g/mol. The molecule has 3 N–H and O–H groups in total. The Balaban J connectivity index is 1.70. The number of carbonyl (C=O) groups excluding carboxylic acids is 3. The lowest BCUT2D eigenvalue weighted by molar-refractivity contribution is -0.125. The number of halogens is 2. The van der Waals surface area contributed by atoms with Crippen LogP contribution in [0.15, 0.2) is 36.5 Å². The molecule has 0 aliphatic carbocycles. The van der Waals surface area contributed by atoms with Crippen molar-refractivity contribution in [2.75, 3.05) is 37.3 Å². The number of nitrogens with zero attached hydrogens (tertiary/aromatic N) is 2.